The summed E-state index contributed by atoms with van der Waals surface area (Å²) in [5.74, 6) is -0.765. The van der Waals surface area contributed by atoms with Gasteiger partial charge in [0.05, 0.1) is 30.3 Å². The second-order valence-corrected chi connectivity index (χ2v) is 9.29. The van der Waals surface area contributed by atoms with Crippen LogP contribution in [0.25, 0.3) is 16.9 Å². The Bertz CT molecular complexity index is 1180. The number of amides is 1. The third-order valence-corrected chi connectivity index (χ3v) is 5.94. The summed E-state index contributed by atoms with van der Waals surface area (Å²) in [4.78, 5) is 16.8. The molecule has 9 nitrogen and oxygen atoms in total. The third kappa shape index (κ3) is 4.81. The third-order valence-electron chi connectivity index (χ3n) is 5.75. The molecule has 2 atom stereocenters. The van der Waals surface area contributed by atoms with Gasteiger partial charge in [-0.1, -0.05) is 23.7 Å². The number of nitrogens with zero attached hydrogens (tertiary/aromatic N) is 3. The van der Waals surface area contributed by atoms with E-state index < -0.39 is 18.0 Å². The fourth-order valence-corrected chi connectivity index (χ4v) is 3.99. The van der Waals surface area contributed by atoms with Crippen LogP contribution in [0.2, 0.25) is 5.15 Å². The van der Waals surface area contributed by atoms with Gasteiger partial charge in [0.2, 0.25) is 0 Å². The molecule has 1 aliphatic carbocycles. The molecule has 2 aromatic heterocycles. The molecule has 5 rings (SSSR count). The maximum atomic E-state index is 12.2. The number of aliphatic hydroxyl groups is 1. The highest BCUT2D eigenvalue weighted by Crippen LogP contribution is 2.28. The molecule has 2 fully saturated rings. The van der Waals surface area contributed by atoms with Crippen LogP contribution in [-0.4, -0.2) is 62.8 Å². The highest BCUT2D eigenvalue weighted by molar-refractivity contribution is 6.29. The van der Waals surface area contributed by atoms with Gasteiger partial charge in [-0.3, -0.25) is 4.79 Å². The predicted octanol–water partition coefficient (Wildman–Crippen LogP) is 2.87. The fourth-order valence-electron chi connectivity index (χ4n) is 3.81. The monoisotopic (exact) mass is 471 g/mol. The second kappa shape index (κ2) is 8.57. The SMILES string of the molecule is CC1(C)OCC(C(O)CNc2cc(Cl)nn3c(-c4ccc(C(=O)NC5CC5)cc4)cnc23)O1. The van der Waals surface area contributed by atoms with Crippen LogP contribution in [0, 0.1) is 0 Å². The van der Waals surface area contributed by atoms with Gasteiger partial charge in [-0.05, 0) is 38.8 Å². The van der Waals surface area contributed by atoms with Gasteiger partial charge in [0.1, 0.15) is 6.10 Å². The number of rotatable bonds is 7. The largest absolute Gasteiger partial charge is 0.388 e. The molecule has 3 N–H and O–H groups in total. The molecule has 1 amide bonds. The maximum Gasteiger partial charge on any atom is 0.251 e. The lowest BCUT2D eigenvalue weighted by Gasteiger charge is -2.21. The van der Waals surface area contributed by atoms with Crippen molar-refractivity contribution in [2.24, 2.45) is 0 Å². The molecule has 0 bridgehead atoms. The smallest absolute Gasteiger partial charge is 0.251 e. The average molecular weight is 472 g/mol. The first-order valence-corrected chi connectivity index (χ1v) is 11.4. The number of anilines is 1. The number of carbonyl (C=O) groups excluding carboxylic acids is 1. The molecule has 0 spiro atoms. The Morgan fingerprint density at radius 1 is 1.33 bits per heavy atom. The summed E-state index contributed by atoms with van der Waals surface area (Å²) in [7, 11) is 0. The molecule has 0 radical (unpaired) electrons. The van der Waals surface area contributed by atoms with Crippen molar-refractivity contribution >= 4 is 28.8 Å². The predicted molar refractivity (Wildman–Crippen MR) is 123 cm³/mol. The van der Waals surface area contributed by atoms with Crippen LogP contribution in [0.15, 0.2) is 36.5 Å². The minimum absolute atomic E-state index is 0.0616. The Hall–Kier alpha value is -2.72. The number of fused-ring (bicyclic) bond motifs is 1. The number of hydrogen-bond donors (Lipinski definition) is 3. The van der Waals surface area contributed by atoms with Gasteiger partial charge >= 0.3 is 0 Å². The molecule has 174 valence electrons. The number of carbonyl (C=O) groups is 1. The molecule has 1 saturated carbocycles. The van der Waals surface area contributed by atoms with Crippen molar-refractivity contribution in [1.29, 1.82) is 0 Å². The Kier molecular flexibility index (Phi) is 5.74. The Labute approximate surface area is 196 Å². The van der Waals surface area contributed by atoms with Crippen molar-refractivity contribution in [3.8, 4) is 11.3 Å². The van der Waals surface area contributed by atoms with E-state index in [4.69, 9.17) is 21.1 Å². The van der Waals surface area contributed by atoms with Crippen LogP contribution in [0.1, 0.15) is 37.0 Å². The van der Waals surface area contributed by atoms with Gasteiger partial charge < -0.3 is 25.2 Å². The summed E-state index contributed by atoms with van der Waals surface area (Å²) in [5, 5.41) is 21.4. The first-order valence-electron chi connectivity index (χ1n) is 11.0. The van der Waals surface area contributed by atoms with E-state index >= 15 is 0 Å². The summed E-state index contributed by atoms with van der Waals surface area (Å²) in [5.41, 5.74) is 3.41. The molecule has 1 saturated heterocycles. The van der Waals surface area contributed by atoms with E-state index in [2.05, 4.69) is 20.7 Å². The molecule has 3 aromatic rings. The highest BCUT2D eigenvalue weighted by Gasteiger charge is 2.36. The van der Waals surface area contributed by atoms with Gasteiger partial charge in [0.15, 0.2) is 16.6 Å². The topological polar surface area (TPSA) is 110 Å². The average Bonchev–Trinajstić information content (AvgIpc) is 3.37. The lowest BCUT2D eigenvalue weighted by atomic mass is 10.1. The van der Waals surface area contributed by atoms with Crippen molar-refractivity contribution in [3.63, 3.8) is 0 Å². The summed E-state index contributed by atoms with van der Waals surface area (Å²) < 4.78 is 12.9. The van der Waals surface area contributed by atoms with E-state index in [1.54, 1.807) is 28.9 Å². The van der Waals surface area contributed by atoms with Gasteiger partial charge in [0, 0.05) is 29.8 Å². The van der Waals surface area contributed by atoms with E-state index in [0.717, 1.165) is 24.1 Å². The van der Waals surface area contributed by atoms with E-state index in [1.807, 2.05) is 26.0 Å². The van der Waals surface area contributed by atoms with E-state index in [9.17, 15) is 9.90 Å². The van der Waals surface area contributed by atoms with Crippen molar-refractivity contribution < 1.29 is 19.4 Å². The van der Waals surface area contributed by atoms with Crippen LogP contribution >= 0.6 is 11.6 Å². The number of nitrogens with one attached hydrogen (secondary N) is 2. The molecule has 1 aromatic carbocycles. The van der Waals surface area contributed by atoms with Crippen molar-refractivity contribution in [3.05, 3.63) is 47.2 Å². The molecular formula is C23H26ClN5O4. The molecule has 2 unspecified atom stereocenters. The number of imidazole rings is 1. The number of aromatic nitrogens is 3. The normalized spacial score (nSPS) is 20.7. The van der Waals surface area contributed by atoms with Gasteiger partial charge in [0.25, 0.3) is 5.91 Å². The zero-order valence-electron chi connectivity index (χ0n) is 18.4. The molecule has 1 aliphatic heterocycles. The first kappa shape index (κ1) is 22.1. The standard InChI is InChI=1S/C23H26ClN5O4/c1-23(2)32-12-19(33-23)18(30)11-25-16-9-20(24)28-29-17(10-26-21(16)29)13-3-5-14(6-4-13)22(31)27-15-7-8-15/h3-6,9-10,15,18-19,25,30H,7-8,11-12H2,1-2H3,(H,27,31). The Morgan fingerprint density at radius 2 is 2.09 bits per heavy atom. The lowest BCUT2D eigenvalue weighted by molar-refractivity contribution is -0.149. The minimum atomic E-state index is -0.775. The summed E-state index contributed by atoms with van der Waals surface area (Å²) in [6.45, 7) is 4.19. The number of halogens is 1. The van der Waals surface area contributed by atoms with E-state index in [1.165, 1.54) is 0 Å². The quantitative estimate of drug-likeness (QED) is 0.486. The van der Waals surface area contributed by atoms with Crippen molar-refractivity contribution in [2.75, 3.05) is 18.5 Å². The number of benzene rings is 1. The molecule has 10 heteroatoms. The zero-order chi connectivity index (χ0) is 23.2. The van der Waals surface area contributed by atoms with E-state index in [-0.39, 0.29) is 17.6 Å². The lowest BCUT2D eigenvalue weighted by Crippen LogP contribution is -2.35. The summed E-state index contributed by atoms with van der Waals surface area (Å²) >= 11 is 6.28. The number of ether oxygens (including phenoxy) is 2. The van der Waals surface area contributed by atoms with Crippen LogP contribution in [-0.2, 0) is 9.47 Å². The number of hydrogen-bond acceptors (Lipinski definition) is 7. The fraction of sp³-hybridized carbons (Fsp3) is 0.435. The van der Waals surface area contributed by atoms with E-state index in [0.29, 0.717) is 29.5 Å². The second-order valence-electron chi connectivity index (χ2n) is 8.90. The molecule has 33 heavy (non-hydrogen) atoms. The van der Waals surface area contributed by atoms with Gasteiger partial charge in [-0.15, -0.1) is 0 Å². The Morgan fingerprint density at radius 3 is 2.76 bits per heavy atom. The van der Waals surface area contributed by atoms with Crippen LogP contribution in [0.3, 0.4) is 0 Å². The molecule has 3 heterocycles. The maximum absolute atomic E-state index is 12.2. The van der Waals surface area contributed by atoms with Crippen LogP contribution in [0.4, 0.5) is 5.69 Å². The van der Waals surface area contributed by atoms with Gasteiger partial charge in [-0.25, -0.2) is 9.50 Å². The zero-order valence-corrected chi connectivity index (χ0v) is 19.2. The number of aliphatic hydroxyl groups excluding tert-OH is 1. The first-order chi connectivity index (χ1) is 15.8. The summed E-state index contributed by atoms with van der Waals surface area (Å²) in [6, 6.07) is 9.29. The molecular weight excluding hydrogens is 446 g/mol. The van der Waals surface area contributed by atoms with Gasteiger partial charge in [-0.2, -0.15) is 5.10 Å². The van der Waals surface area contributed by atoms with Crippen LogP contribution < -0.4 is 10.6 Å². The van der Waals surface area contributed by atoms with Crippen LogP contribution in [0.5, 0.6) is 0 Å². The molecule has 2 aliphatic rings. The Balaban J connectivity index is 1.34. The summed E-state index contributed by atoms with van der Waals surface area (Å²) in [6.07, 6.45) is 2.60. The van der Waals surface area contributed by atoms with Crippen molar-refractivity contribution in [2.45, 2.75) is 50.7 Å². The minimum Gasteiger partial charge on any atom is -0.388 e. The highest BCUT2D eigenvalue weighted by atomic mass is 35.5. The van der Waals surface area contributed by atoms with Crippen molar-refractivity contribution in [1.82, 2.24) is 19.9 Å².